The van der Waals surface area contributed by atoms with E-state index in [4.69, 9.17) is 16.6 Å². The Hall–Kier alpha value is -0.946. The minimum atomic E-state index is -1.74. The summed E-state index contributed by atoms with van der Waals surface area (Å²) in [7, 11) is 0. The van der Waals surface area contributed by atoms with Crippen LogP contribution in [0.1, 0.15) is 0 Å². The fourth-order valence-corrected chi connectivity index (χ4v) is 0.995. The van der Waals surface area contributed by atoms with Crippen LogP contribution in [0.15, 0.2) is 20.4 Å². The van der Waals surface area contributed by atoms with Crippen molar-refractivity contribution in [2.24, 2.45) is 31.9 Å². The molecule has 21 heavy (non-hydrogen) atoms. The molecule has 3 unspecified atom stereocenters. The molecule has 0 radical (unpaired) electrons. The molecular formula is C8H14N6NiO4S2. The number of aliphatic hydroxyl groups is 4. The van der Waals surface area contributed by atoms with Crippen LogP contribution >= 0.6 is 0 Å². The number of nitrogens with zero attached hydrogens (tertiary/aromatic N) is 4. The first-order valence-corrected chi connectivity index (χ1v) is 5.87. The summed E-state index contributed by atoms with van der Waals surface area (Å²) < 4.78 is 0. The maximum Gasteiger partial charge on any atom is 2.00 e. The molecule has 0 heterocycles. The van der Waals surface area contributed by atoms with Gasteiger partial charge in [0.1, 0.15) is 24.0 Å². The van der Waals surface area contributed by atoms with Crippen molar-refractivity contribution in [1.82, 2.24) is 0 Å². The van der Waals surface area contributed by atoms with E-state index in [0.717, 1.165) is 6.21 Å². The third-order valence-electron chi connectivity index (χ3n) is 1.82. The first kappa shape index (κ1) is 22.3. The minimum absolute atomic E-state index is 0. The molecule has 0 aromatic carbocycles. The predicted molar refractivity (Wildman–Crippen MR) is 79.0 cm³/mol. The Morgan fingerprint density at radius 2 is 1.57 bits per heavy atom. The maximum atomic E-state index is 9.76. The SMILES string of the molecule is NC([S-])=NN=CC(=NN=C(N)[S-])C(O)C(O)C(O)CO.[Ni+2]. The molecule has 0 saturated heterocycles. The minimum Gasteiger partial charge on any atom is -0.741 e. The summed E-state index contributed by atoms with van der Waals surface area (Å²) in [4.78, 5) is 0. The summed E-state index contributed by atoms with van der Waals surface area (Å²) in [5.74, 6) is 0. The Bertz CT molecular complexity index is 425. The molecule has 0 spiro atoms. The molecule has 0 aromatic rings. The van der Waals surface area contributed by atoms with E-state index in [-0.39, 0.29) is 32.5 Å². The van der Waals surface area contributed by atoms with Crippen LogP contribution in [0.25, 0.3) is 0 Å². The van der Waals surface area contributed by atoms with Crippen LogP contribution in [0.2, 0.25) is 0 Å². The molecule has 0 bridgehead atoms. The standard InChI is InChI=1S/C8H16N6O4S2.Ni/c9-7(19)13-11-1-3(12-14-8(10)20)5(17)6(18)4(16)2-15;/h1,4-6,15-18H,2H2,(H3,9,13,19)(H3,10,14,20);/q;+2/p-2. The quantitative estimate of drug-likeness (QED) is 0.0851. The van der Waals surface area contributed by atoms with Gasteiger partial charge in [0.2, 0.25) is 0 Å². The molecular weight excluding hydrogens is 367 g/mol. The van der Waals surface area contributed by atoms with Gasteiger partial charge in [0.25, 0.3) is 0 Å². The third kappa shape index (κ3) is 9.58. The monoisotopic (exact) mass is 380 g/mol. The van der Waals surface area contributed by atoms with Gasteiger partial charge in [-0.3, -0.25) is 0 Å². The van der Waals surface area contributed by atoms with Crippen molar-refractivity contribution >= 4 is 47.5 Å². The van der Waals surface area contributed by atoms with Crippen molar-refractivity contribution in [1.29, 1.82) is 0 Å². The Morgan fingerprint density at radius 1 is 1.05 bits per heavy atom. The molecule has 0 amide bonds. The second-order valence-electron chi connectivity index (χ2n) is 3.33. The Kier molecular flexibility index (Phi) is 12.4. The van der Waals surface area contributed by atoms with Gasteiger partial charge < -0.3 is 57.2 Å². The molecule has 0 aliphatic heterocycles. The average molecular weight is 381 g/mol. The Morgan fingerprint density at radius 3 is 2.00 bits per heavy atom. The normalized spacial score (nSPS) is 18.2. The van der Waals surface area contributed by atoms with E-state index in [0.29, 0.717) is 0 Å². The second-order valence-corrected chi connectivity index (χ2v) is 4.17. The molecule has 0 rings (SSSR count). The molecule has 3 atom stereocenters. The molecule has 122 valence electrons. The van der Waals surface area contributed by atoms with Gasteiger partial charge in [0.05, 0.1) is 12.8 Å². The summed E-state index contributed by atoms with van der Waals surface area (Å²) in [5, 5.41) is 50.0. The predicted octanol–water partition coefficient (Wildman–Crippen LogP) is -3.88. The summed E-state index contributed by atoms with van der Waals surface area (Å²) in [6, 6.07) is 0. The van der Waals surface area contributed by atoms with E-state index in [1.807, 2.05) is 0 Å². The van der Waals surface area contributed by atoms with Crippen molar-refractivity contribution in [3.63, 3.8) is 0 Å². The number of nitrogens with two attached hydrogens (primary N) is 2. The zero-order chi connectivity index (χ0) is 15.7. The van der Waals surface area contributed by atoms with Crippen LogP contribution in [0.3, 0.4) is 0 Å². The smallest absolute Gasteiger partial charge is 0.741 e. The van der Waals surface area contributed by atoms with Crippen LogP contribution in [0.4, 0.5) is 0 Å². The van der Waals surface area contributed by atoms with Crippen molar-refractivity contribution in [3.05, 3.63) is 0 Å². The molecule has 10 nitrogen and oxygen atoms in total. The van der Waals surface area contributed by atoms with Crippen LogP contribution in [0.5, 0.6) is 0 Å². The van der Waals surface area contributed by atoms with Crippen LogP contribution in [0, 0.1) is 0 Å². The Labute approximate surface area is 141 Å². The second kappa shape index (κ2) is 11.7. The molecule has 0 aliphatic carbocycles. The fraction of sp³-hybridized carbons (Fsp3) is 0.500. The first-order chi connectivity index (χ1) is 9.29. The Balaban J connectivity index is 0. The first-order valence-electron chi connectivity index (χ1n) is 5.06. The number of aliphatic hydroxyl groups excluding tert-OH is 4. The van der Waals surface area contributed by atoms with Crippen LogP contribution in [-0.4, -0.2) is 67.6 Å². The van der Waals surface area contributed by atoms with E-state index < -0.39 is 24.9 Å². The van der Waals surface area contributed by atoms with Gasteiger partial charge in [-0.05, 0) is 10.3 Å². The molecule has 0 aliphatic rings. The zero-order valence-electron chi connectivity index (χ0n) is 10.4. The van der Waals surface area contributed by atoms with Gasteiger partial charge in [-0.15, -0.1) is 0 Å². The van der Waals surface area contributed by atoms with Gasteiger partial charge in [-0.2, -0.15) is 20.4 Å². The summed E-state index contributed by atoms with van der Waals surface area (Å²) in [6.07, 6.45) is -4.17. The van der Waals surface area contributed by atoms with Crippen molar-refractivity contribution in [2.45, 2.75) is 18.3 Å². The number of hydrogen-bond acceptors (Lipinski definition) is 10. The fourth-order valence-electron chi connectivity index (χ4n) is 0.907. The molecule has 13 heteroatoms. The van der Waals surface area contributed by atoms with Crippen molar-refractivity contribution in [3.8, 4) is 0 Å². The summed E-state index contributed by atoms with van der Waals surface area (Å²) in [6.45, 7) is -0.771. The van der Waals surface area contributed by atoms with Crippen molar-refractivity contribution < 1.29 is 36.9 Å². The van der Waals surface area contributed by atoms with Gasteiger partial charge in [-0.1, -0.05) is 0 Å². The maximum absolute atomic E-state index is 9.76. The average Bonchev–Trinajstić information content (AvgIpc) is 2.39. The van der Waals surface area contributed by atoms with Gasteiger partial charge >= 0.3 is 16.5 Å². The van der Waals surface area contributed by atoms with E-state index in [1.54, 1.807) is 0 Å². The van der Waals surface area contributed by atoms with Gasteiger partial charge in [0, 0.05) is 0 Å². The molecule has 0 aromatic heterocycles. The van der Waals surface area contributed by atoms with Crippen LogP contribution in [-0.2, 0) is 41.7 Å². The number of hydrogen-bond donors (Lipinski definition) is 6. The molecule has 0 saturated carbocycles. The topological polar surface area (TPSA) is 182 Å². The van der Waals surface area contributed by atoms with Crippen molar-refractivity contribution in [2.75, 3.05) is 6.61 Å². The van der Waals surface area contributed by atoms with Gasteiger partial charge in [0.15, 0.2) is 0 Å². The number of rotatable bonds is 7. The van der Waals surface area contributed by atoms with E-state index in [2.05, 4.69) is 45.7 Å². The van der Waals surface area contributed by atoms with Crippen LogP contribution < -0.4 is 11.5 Å². The zero-order valence-corrected chi connectivity index (χ0v) is 13.0. The number of amidine groups is 2. The van der Waals surface area contributed by atoms with E-state index in [1.165, 1.54) is 0 Å². The third-order valence-corrected chi connectivity index (χ3v) is 1.98. The molecule has 0 fully saturated rings. The van der Waals surface area contributed by atoms with E-state index in [9.17, 15) is 15.3 Å². The molecule has 8 N–H and O–H groups in total. The largest absolute Gasteiger partial charge is 2.00 e. The van der Waals surface area contributed by atoms with Gasteiger partial charge in [-0.25, -0.2) is 0 Å². The summed E-state index contributed by atoms with van der Waals surface area (Å²) in [5.41, 5.74) is 9.84. The van der Waals surface area contributed by atoms with E-state index >= 15 is 0 Å². The summed E-state index contributed by atoms with van der Waals surface area (Å²) >= 11 is 8.90.